The van der Waals surface area contributed by atoms with Crippen molar-refractivity contribution in [2.45, 2.75) is 57.5 Å². The van der Waals surface area contributed by atoms with E-state index in [-0.39, 0.29) is 0 Å². The molecule has 1 unspecified atom stereocenters. The first kappa shape index (κ1) is 7.60. The van der Waals surface area contributed by atoms with Gasteiger partial charge in [0.25, 0.3) is 0 Å². The van der Waals surface area contributed by atoms with Crippen molar-refractivity contribution in [3.8, 4) is 0 Å². The molecule has 1 atom stereocenters. The first-order chi connectivity index (χ1) is 5.20. The molecular weight excluding hydrogens is 134 g/mol. The molecule has 0 N–H and O–H groups in total. The summed E-state index contributed by atoms with van der Waals surface area (Å²) in [5, 5.41) is 0. The maximum Gasteiger partial charge on any atom is 0.0156 e. The second-order valence-corrected chi connectivity index (χ2v) is 4.69. The van der Waals surface area contributed by atoms with Gasteiger partial charge in [0.15, 0.2) is 0 Å². The Morgan fingerprint density at radius 2 is 2.00 bits per heavy atom. The van der Waals surface area contributed by atoms with Gasteiger partial charge in [0.05, 0.1) is 0 Å². The van der Waals surface area contributed by atoms with Crippen LogP contribution in [-0.2, 0) is 0 Å². The Balaban J connectivity index is 2.10. The van der Waals surface area contributed by atoms with Crippen LogP contribution in [0.25, 0.3) is 0 Å². The van der Waals surface area contributed by atoms with Crippen molar-refractivity contribution in [1.82, 2.24) is 4.90 Å². The molecule has 0 saturated carbocycles. The van der Waals surface area contributed by atoms with Gasteiger partial charge in [-0.05, 0) is 46.1 Å². The lowest BCUT2D eigenvalue weighted by atomic mass is 10.0. The van der Waals surface area contributed by atoms with Crippen LogP contribution in [0.1, 0.15) is 46.0 Å². The summed E-state index contributed by atoms with van der Waals surface area (Å²) in [7, 11) is 0. The SMILES string of the molecule is CC1(C)CCC2CCCCN21. The van der Waals surface area contributed by atoms with Crippen LogP contribution in [0.15, 0.2) is 0 Å². The number of hydrogen-bond acceptors (Lipinski definition) is 1. The molecule has 64 valence electrons. The van der Waals surface area contributed by atoms with Crippen LogP contribution >= 0.6 is 0 Å². The molecule has 11 heavy (non-hydrogen) atoms. The minimum Gasteiger partial charge on any atom is -0.295 e. The summed E-state index contributed by atoms with van der Waals surface area (Å²) >= 11 is 0. The molecule has 2 fully saturated rings. The van der Waals surface area contributed by atoms with Crippen molar-refractivity contribution in [3.05, 3.63) is 0 Å². The molecule has 2 aliphatic heterocycles. The van der Waals surface area contributed by atoms with Crippen molar-refractivity contribution in [1.29, 1.82) is 0 Å². The third kappa shape index (κ3) is 1.20. The zero-order valence-electron chi connectivity index (χ0n) is 7.77. The monoisotopic (exact) mass is 153 g/mol. The van der Waals surface area contributed by atoms with Crippen LogP contribution < -0.4 is 0 Å². The van der Waals surface area contributed by atoms with Crippen molar-refractivity contribution in [2.24, 2.45) is 0 Å². The van der Waals surface area contributed by atoms with E-state index in [4.69, 9.17) is 0 Å². The maximum absolute atomic E-state index is 2.73. The van der Waals surface area contributed by atoms with Crippen molar-refractivity contribution in [2.75, 3.05) is 6.54 Å². The number of rotatable bonds is 0. The Hall–Kier alpha value is -0.0400. The van der Waals surface area contributed by atoms with Gasteiger partial charge in [-0.2, -0.15) is 0 Å². The highest BCUT2D eigenvalue weighted by molar-refractivity contribution is 4.95. The first-order valence-corrected chi connectivity index (χ1v) is 4.97. The van der Waals surface area contributed by atoms with E-state index < -0.39 is 0 Å². The fourth-order valence-electron chi connectivity index (χ4n) is 2.76. The number of fused-ring (bicyclic) bond motifs is 1. The molecule has 1 heteroatoms. The molecule has 0 aromatic heterocycles. The fraction of sp³-hybridized carbons (Fsp3) is 1.00. The minimum absolute atomic E-state index is 0.519. The van der Waals surface area contributed by atoms with E-state index in [2.05, 4.69) is 18.7 Å². The Morgan fingerprint density at radius 1 is 1.18 bits per heavy atom. The summed E-state index contributed by atoms with van der Waals surface area (Å²) in [6.07, 6.45) is 7.23. The lowest BCUT2D eigenvalue weighted by molar-refractivity contribution is 0.0973. The number of hydrogen-bond donors (Lipinski definition) is 0. The van der Waals surface area contributed by atoms with Crippen molar-refractivity contribution < 1.29 is 0 Å². The van der Waals surface area contributed by atoms with E-state index in [1.807, 2.05) is 0 Å². The molecule has 1 nitrogen and oxygen atoms in total. The molecule has 0 radical (unpaired) electrons. The Bertz CT molecular complexity index is 151. The third-order valence-corrected chi connectivity index (χ3v) is 3.49. The summed E-state index contributed by atoms with van der Waals surface area (Å²) in [5.41, 5.74) is 0.519. The molecule has 2 aliphatic rings. The predicted molar refractivity (Wildman–Crippen MR) is 47.7 cm³/mol. The van der Waals surface area contributed by atoms with Crippen molar-refractivity contribution >= 4 is 0 Å². The van der Waals surface area contributed by atoms with Crippen LogP contribution in [0.4, 0.5) is 0 Å². The third-order valence-electron chi connectivity index (χ3n) is 3.49. The van der Waals surface area contributed by atoms with E-state index in [1.165, 1.54) is 38.6 Å². The summed E-state index contributed by atoms with van der Waals surface area (Å²) < 4.78 is 0. The molecule has 0 bridgehead atoms. The normalized spacial score (nSPS) is 37.1. The van der Waals surface area contributed by atoms with Crippen LogP contribution in [-0.4, -0.2) is 23.0 Å². The average molecular weight is 153 g/mol. The van der Waals surface area contributed by atoms with Gasteiger partial charge in [-0.15, -0.1) is 0 Å². The lowest BCUT2D eigenvalue weighted by Gasteiger charge is -2.38. The largest absolute Gasteiger partial charge is 0.295 e. The summed E-state index contributed by atoms with van der Waals surface area (Å²) in [4.78, 5) is 2.73. The zero-order valence-corrected chi connectivity index (χ0v) is 7.77. The second-order valence-electron chi connectivity index (χ2n) is 4.69. The van der Waals surface area contributed by atoms with Crippen LogP contribution in [0.3, 0.4) is 0 Å². The standard InChI is InChI=1S/C10H19N/c1-10(2)7-6-9-5-3-4-8-11(9)10/h9H,3-8H2,1-2H3. The van der Waals surface area contributed by atoms with E-state index in [9.17, 15) is 0 Å². The van der Waals surface area contributed by atoms with Crippen molar-refractivity contribution in [3.63, 3.8) is 0 Å². The van der Waals surface area contributed by atoms with Gasteiger partial charge in [-0.1, -0.05) is 6.42 Å². The van der Waals surface area contributed by atoms with Crippen LogP contribution in [0.2, 0.25) is 0 Å². The fourth-order valence-corrected chi connectivity index (χ4v) is 2.76. The molecule has 0 spiro atoms. The molecule has 0 aromatic carbocycles. The highest BCUT2D eigenvalue weighted by Gasteiger charge is 2.39. The summed E-state index contributed by atoms with van der Waals surface area (Å²) in [5.74, 6) is 0. The molecule has 2 heterocycles. The van der Waals surface area contributed by atoms with Gasteiger partial charge in [0.1, 0.15) is 0 Å². The lowest BCUT2D eigenvalue weighted by Crippen LogP contribution is -2.45. The zero-order chi connectivity index (χ0) is 7.90. The smallest absolute Gasteiger partial charge is 0.0156 e. The molecule has 2 saturated heterocycles. The van der Waals surface area contributed by atoms with Gasteiger partial charge < -0.3 is 0 Å². The molecule has 0 amide bonds. The van der Waals surface area contributed by atoms with Gasteiger partial charge in [-0.25, -0.2) is 0 Å². The summed E-state index contributed by atoms with van der Waals surface area (Å²) in [6.45, 7) is 6.16. The van der Waals surface area contributed by atoms with E-state index >= 15 is 0 Å². The van der Waals surface area contributed by atoms with Gasteiger partial charge in [0.2, 0.25) is 0 Å². The molecular formula is C10H19N. The highest BCUT2D eigenvalue weighted by atomic mass is 15.2. The van der Waals surface area contributed by atoms with E-state index in [0.717, 1.165) is 6.04 Å². The maximum atomic E-state index is 2.73. The molecule has 0 aliphatic carbocycles. The van der Waals surface area contributed by atoms with E-state index in [1.54, 1.807) is 0 Å². The topological polar surface area (TPSA) is 3.24 Å². The Labute approximate surface area is 69.8 Å². The van der Waals surface area contributed by atoms with E-state index in [0.29, 0.717) is 5.54 Å². The molecule has 2 rings (SSSR count). The van der Waals surface area contributed by atoms with Gasteiger partial charge in [-0.3, -0.25) is 4.90 Å². The van der Waals surface area contributed by atoms with Gasteiger partial charge in [0, 0.05) is 11.6 Å². The quantitative estimate of drug-likeness (QED) is 0.516. The first-order valence-electron chi connectivity index (χ1n) is 4.97. The molecule has 0 aromatic rings. The van der Waals surface area contributed by atoms with Gasteiger partial charge >= 0.3 is 0 Å². The van der Waals surface area contributed by atoms with Crippen LogP contribution in [0.5, 0.6) is 0 Å². The second kappa shape index (κ2) is 2.48. The summed E-state index contributed by atoms with van der Waals surface area (Å²) in [6, 6.07) is 0.943. The highest BCUT2D eigenvalue weighted by Crippen LogP contribution is 2.37. The minimum atomic E-state index is 0.519. The Kier molecular flexibility index (Phi) is 1.71. The van der Waals surface area contributed by atoms with Crippen LogP contribution in [0, 0.1) is 0 Å². The predicted octanol–water partition coefficient (Wildman–Crippen LogP) is 2.41. The Morgan fingerprint density at radius 3 is 2.73 bits per heavy atom. The number of piperidine rings is 1. The number of nitrogens with zero attached hydrogens (tertiary/aromatic N) is 1. The average Bonchev–Trinajstić information content (AvgIpc) is 2.29.